The van der Waals surface area contributed by atoms with Crippen molar-refractivity contribution < 1.29 is 9.90 Å². The highest BCUT2D eigenvalue weighted by molar-refractivity contribution is 7.15. The van der Waals surface area contributed by atoms with E-state index in [1.165, 1.54) is 11.3 Å². The summed E-state index contributed by atoms with van der Waals surface area (Å²) in [6, 6.07) is 3.63. The minimum Gasteiger partial charge on any atom is -0.476 e. The predicted octanol–water partition coefficient (Wildman–Crippen LogP) is 2.29. The smallest absolute Gasteiger partial charge is 0.355 e. The fraction of sp³-hybridized carbons (Fsp3) is 0.100. The summed E-state index contributed by atoms with van der Waals surface area (Å²) in [5.74, 6) is -1.01. The summed E-state index contributed by atoms with van der Waals surface area (Å²) >= 11 is 1.31. The third-order valence-electron chi connectivity index (χ3n) is 1.91. The van der Waals surface area contributed by atoms with Gasteiger partial charge in [0.1, 0.15) is 0 Å². The quantitative estimate of drug-likeness (QED) is 0.853. The maximum absolute atomic E-state index is 10.8. The van der Waals surface area contributed by atoms with Crippen molar-refractivity contribution in [3.8, 4) is 0 Å². The van der Waals surface area contributed by atoms with Gasteiger partial charge in [0.25, 0.3) is 0 Å². The number of carboxylic acid groups (broad SMARTS) is 1. The van der Waals surface area contributed by atoms with E-state index in [1.54, 1.807) is 25.4 Å². The van der Waals surface area contributed by atoms with Gasteiger partial charge in [0, 0.05) is 11.1 Å². The molecule has 2 aromatic heterocycles. The van der Waals surface area contributed by atoms with E-state index in [0.717, 1.165) is 5.69 Å². The number of aromatic nitrogens is 2. The highest BCUT2D eigenvalue weighted by Crippen LogP contribution is 2.24. The summed E-state index contributed by atoms with van der Waals surface area (Å²) in [6.07, 6.45) is 3.32. The zero-order valence-electron chi connectivity index (χ0n) is 8.47. The second-order valence-electron chi connectivity index (χ2n) is 3.10. The molecule has 0 unspecified atom stereocenters. The van der Waals surface area contributed by atoms with E-state index in [2.05, 4.69) is 15.3 Å². The number of aryl methyl sites for hydroxylation is 1. The number of nitrogens with one attached hydrogen (secondary N) is 1. The average Bonchev–Trinajstić information content (AvgIpc) is 2.61. The molecule has 0 aliphatic heterocycles. The molecule has 2 N–H and O–H groups in total. The van der Waals surface area contributed by atoms with Crippen LogP contribution in [-0.2, 0) is 0 Å². The summed E-state index contributed by atoms with van der Waals surface area (Å²) in [5.41, 5.74) is 0.879. The first-order valence-electron chi connectivity index (χ1n) is 4.54. The highest BCUT2D eigenvalue weighted by atomic mass is 32.1. The number of aromatic carboxylic acids is 1. The van der Waals surface area contributed by atoms with Crippen LogP contribution in [-0.4, -0.2) is 21.0 Å². The highest BCUT2D eigenvalue weighted by Gasteiger charge is 2.13. The van der Waals surface area contributed by atoms with Crippen molar-refractivity contribution in [3.63, 3.8) is 0 Å². The van der Waals surface area contributed by atoms with Gasteiger partial charge in [0.05, 0.1) is 11.9 Å². The number of hydrogen-bond donors (Lipinski definition) is 2. The molecule has 0 aromatic carbocycles. The second-order valence-corrected chi connectivity index (χ2v) is 4.30. The van der Waals surface area contributed by atoms with Gasteiger partial charge in [-0.15, -0.1) is 11.3 Å². The van der Waals surface area contributed by atoms with Crippen LogP contribution in [0.1, 0.15) is 15.4 Å². The topological polar surface area (TPSA) is 75.1 Å². The molecule has 5 nitrogen and oxygen atoms in total. The Bertz CT molecular complexity index is 510. The van der Waals surface area contributed by atoms with Crippen LogP contribution in [0.5, 0.6) is 0 Å². The summed E-state index contributed by atoms with van der Waals surface area (Å²) in [4.78, 5) is 19.4. The predicted molar refractivity (Wildman–Crippen MR) is 61.3 cm³/mol. The van der Waals surface area contributed by atoms with Crippen molar-refractivity contribution in [2.75, 3.05) is 5.32 Å². The Kier molecular flexibility index (Phi) is 2.82. The Morgan fingerprint density at radius 3 is 2.94 bits per heavy atom. The van der Waals surface area contributed by atoms with Gasteiger partial charge in [0.15, 0.2) is 10.8 Å². The van der Waals surface area contributed by atoms with Crippen molar-refractivity contribution in [1.29, 1.82) is 0 Å². The lowest BCUT2D eigenvalue weighted by molar-refractivity contribution is 0.0690. The molecule has 16 heavy (non-hydrogen) atoms. The maximum Gasteiger partial charge on any atom is 0.355 e. The van der Waals surface area contributed by atoms with E-state index >= 15 is 0 Å². The van der Waals surface area contributed by atoms with Crippen LogP contribution in [0, 0.1) is 6.92 Å². The van der Waals surface area contributed by atoms with Crippen LogP contribution in [0.2, 0.25) is 0 Å². The van der Waals surface area contributed by atoms with E-state index < -0.39 is 5.97 Å². The Morgan fingerprint density at radius 2 is 2.38 bits per heavy atom. The van der Waals surface area contributed by atoms with E-state index in [-0.39, 0.29) is 5.69 Å². The zero-order valence-corrected chi connectivity index (χ0v) is 9.28. The number of pyridine rings is 1. The van der Waals surface area contributed by atoms with Gasteiger partial charge in [-0.25, -0.2) is 9.78 Å². The first-order chi connectivity index (χ1) is 7.66. The molecule has 0 saturated heterocycles. The molecule has 0 spiro atoms. The number of thiazole rings is 1. The molecule has 2 rings (SSSR count). The van der Waals surface area contributed by atoms with Crippen molar-refractivity contribution in [1.82, 2.24) is 9.97 Å². The molecule has 82 valence electrons. The van der Waals surface area contributed by atoms with Crippen molar-refractivity contribution in [3.05, 3.63) is 35.1 Å². The van der Waals surface area contributed by atoms with Gasteiger partial charge in [-0.2, -0.15) is 0 Å². The second kappa shape index (κ2) is 4.28. The van der Waals surface area contributed by atoms with Gasteiger partial charge >= 0.3 is 5.97 Å². The molecule has 0 bridgehead atoms. The molecule has 0 radical (unpaired) electrons. The van der Waals surface area contributed by atoms with Gasteiger partial charge in [-0.05, 0) is 19.1 Å². The number of carbonyl (C=O) groups is 1. The van der Waals surface area contributed by atoms with E-state index in [4.69, 9.17) is 5.11 Å². The fourth-order valence-electron chi connectivity index (χ4n) is 1.21. The van der Waals surface area contributed by atoms with Crippen molar-refractivity contribution in [2.24, 2.45) is 0 Å². The molecule has 0 saturated carbocycles. The summed E-state index contributed by atoms with van der Waals surface area (Å²) in [5, 5.41) is 12.4. The zero-order chi connectivity index (χ0) is 11.5. The van der Waals surface area contributed by atoms with Gasteiger partial charge in [-0.3, -0.25) is 4.98 Å². The minimum atomic E-state index is -1.01. The third-order valence-corrected chi connectivity index (χ3v) is 2.80. The lowest BCUT2D eigenvalue weighted by Gasteiger charge is -1.99. The lowest BCUT2D eigenvalue weighted by atomic mass is 10.4. The molecule has 2 aromatic rings. The number of carboxylic acids is 1. The van der Waals surface area contributed by atoms with Crippen LogP contribution in [0.3, 0.4) is 0 Å². The normalized spacial score (nSPS) is 10.1. The number of rotatable bonds is 3. The maximum atomic E-state index is 10.8. The molecular weight excluding hydrogens is 226 g/mol. The first-order valence-corrected chi connectivity index (χ1v) is 5.36. The third kappa shape index (κ3) is 2.17. The van der Waals surface area contributed by atoms with Crippen molar-refractivity contribution >= 4 is 28.1 Å². The Balaban J connectivity index is 2.23. The van der Waals surface area contributed by atoms with Crippen LogP contribution in [0.4, 0.5) is 10.8 Å². The standard InChI is InChI=1S/C10H9N3O2S/c1-6-8(9(14)15)13-10(16-6)12-7-3-2-4-11-5-7/h2-5H,1H3,(H,12,13)(H,14,15). The molecule has 2 heterocycles. The first kappa shape index (κ1) is 10.6. The lowest BCUT2D eigenvalue weighted by Crippen LogP contribution is -1.99. The summed E-state index contributed by atoms with van der Waals surface area (Å²) < 4.78 is 0. The van der Waals surface area contributed by atoms with Crippen LogP contribution >= 0.6 is 11.3 Å². The monoisotopic (exact) mass is 235 g/mol. The SMILES string of the molecule is Cc1sc(Nc2cccnc2)nc1C(=O)O. The minimum absolute atomic E-state index is 0.0939. The van der Waals surface area contributed by atoms with E-state index in [0.29, 0.717) is 10.0 Å². The Labute approximate surface area is 95.8 Å². The number of anilines is 2. The molecule has 0 fully saturated rings. The van der Waals surface area contributed by atoms with E-state index in [1.807, 2.05) is 6.07 Å². The largest absolute Gasteiger partial charge is 0.476 e. The summed E-state index contributed by atoms with van der Waals surface area (Å²) in [6.45, 7) is 1.73. The molecule has 0 amide bonds. The van der Waals surface area contributed by atoms with Crippen LogP contribution in [0.25, 0.3) is 0 Å². The molecule has 0 aliphatic rings. The molecule has 6 heteroatoms. The van der Waals surface area contributed by atoms with Gasteiger partial charge in [0.2, 0.25) is 0 Å². The fourth-order valence-corrected chi connectivity index (χ4v) is 2.03. The molecular formula is C10H9N3O2S. The van der Waals surface area contributed by atoms with Gasteiger partial charge < -0.3 is 10.4 Å². The van der Waals surface area contributed by atoms with Crippen LogP contribution < -0.4 is 5.32 Å². The molecule has 0 aliphatic carbocycles. The average molecular weight is 235 g/mol. The number of hydrogen-bond acceptors (Lipinski definition) is 5. The van der Waals surface area contributed by atoms with Gasteiger partial charge in [-0.1, -0.05) is 0 Å². The van der Waals surface area contributed by atoms with E-state index in [9.17, 15) is 4.79 Å². The summed E-state index contributed by atoms with van der Waals surface area (Å²) in [7, 11) is 0. The Morgan fingerprint density at radius 1 is 1.56 bits per heavy atom. The Hall–Kier alpha value is -1.95. The number of nitrogens with zero attached hydrogens (tertiary/aromatic N) is 2. The molecule has 0 atom stereocenters. The van der Waals surface area contributed by atoms with Crippen molar-refractivity contribution in [2.45, 2.75) is 6.92 Å². The van der Waals surface area contributed by atoms with Crippen LogP contribution in [0.15, 0.2) is 24.5 Å².